The zero-order valence-corrected chi connectivity index (χ0v) is 10.9. The van der Waals surface area contributed by atoms with Crippen molar-refractivity contribution in [2.45, 2.75) is 30.3 Å². The average molecular weight is 257 g/mol. The predicted molar refractivity (Wildman–Crippen MR) is 67.6 cm³/mol. The molecule has 0 aliphatic carbocycles. The highest BCUT2D eigenvalue weighted by Gasteiger charge is 2.13. The molecule has 0 bridgehead atoms. The first kappa shape index (κ1) is 14.2. The summed E-state index contributed by atoms with van der Waals surface area (Å²) in [6, 6.07) is 6.81. The van der Waals surface area contributed by atoms with Crippen LogP contribution < -0.4 is 5.73 Å². The molecule has 0 fully saturated rings. The molecule has 0 amide bonds. The van der Waals surface area contributed by atoms with E-state index in [0.717, 1.165) is 5.56 Å². The summed E-state index contributed by atoms with van der Waals surface area (Å²) in [6.07, 6.45) is 1.17. The molecule has 4 nitrogen and oxygen atoms in total. The summed E-state index contributed by atoms with van der Waals surface area (Å²) >= 11 is 0. The Morgan fingerprint density at radius 2 is 2.06 bits per heavy atom. The number of nitrogens with two attached hydrogens (primary N) is 1. The molecule has 0 spiro atoms. The molecule has 0 saturated heterocycles. The monoisotopic (exact) mass is 257 g/mol. The molecule has 2 atom stereocenters. The molecule has 1 rings (SSSR count). The summed E-state index contributed by atoms with van der Waals surface area (Å²) in [5, 5.41) is 9.48. The number of hydrogen-bond acceptors (Lipinski definition) is 4. The lowest BCUT2D eigenvalue weighted by atomic mass is 9.95. The topological polar surface area (TPSA) is 80.4 Å². The molecule has 0 radical (unpaired) electrons. The first-order valence-electron chi connectivity index (χ1n) is 5.52. The Hall–Kier alpha value is -0.910. The van der Waals surface area contributed by atoms with Crippen LogP contribution in [-0.2, 0) is 9.84 Å². The van der Waals surface area contributed by atoms with Gasteiger partial charge in [-0.1, -0.05) is 19.1 Å². The van der Waals surface area contributed by atoms with E-state index in [-0.39, 0.29) is 12.5 Å². The Kier molecular flexibility index (Phi) is 4.68. The van der Waals surface area contributed by atoms with E-state index in [2.05, 4.69) is 0 Å². The zero-order valence-electron chi connectivity index (χ0n) is 10.1. The van der Waals surface area contributed by atoms with Crippen LogP contribution in [0.3, 0.4) is 0 Å². The first-order chi connectivity index (χ1) is 7.84. The van der Waals surface area contributed by atoms with E-state index in [1.54, 1.807) is 18.2 Å². The summed E-state index contributed by atoms with van der Waals surface area (Å²) < 4.78 is 22.8. The van der Waals surface area contributed by atoms with Crippen molar-refractivity contribution in [1.29, 1.82) is 0 Å². The van der Waals surface area contributed by atoms with E-state index >= 15 is 0 Å². The van der Waals surface area contributed by atoms with Gasteiger partial charge in [-0.15, -0.1) is 0 Å². The molecule has 3 N–H and O–H groups in total. The highest BCUT2D eigenvalue weighted by Crippen LogP contribution is 2.23. The molecule has 0 heterocycles. The summed E-state index contributed by atoms with van der Waals surface area (Å²) in [4.78, 5) is 0.309. The second-order valence-electron chi connectivity index (χ2n) is 4.37. The number of aliphatic hydroxyl groups is 1. The number of hydrogen-bond donors (Lipinski definition) is 2. The van der Waals surface area contributed by atoms with Crippen molar-refractivity contribution >= 4 is 9.84 Å². The van der Waals surface area contributed by atoms with Crippen LogP contribution in [0.4, 0.5) is 0 Å². The largest absolute Gasteiger partial charge is 0.392 e. The van der Waals surface area contributed by atoms with Crippen LogP contribution in [0.15, 0.2) is 29.2 Å². The van der Waals surface area contributed by atoms with Crippen molar-refractivity contribution in [3.63, 3.8) is 0 Å². The maximum atomic E-state index is 11.4. The van der Waals surface area contributed by atoms with E-state index < -0.39 is 15.9 Å². The van der Waals surface area contributed by atoms with E-state index in [1.807, 2.05) is 13.0 Å². The fraction of sp³-hybridized carbons (Fsp3) is 0.500. The Labute approximate surface area is 102 Å². The summed E-state index contributed by atoms with van der Waals surface area (Å²) in [5.74, 6) is 0.0789. The van der Waals surface area contributed by atoms with Crippen molar-refractivity contribution < 1.29 is 13.5 Å². The van der Waals surface area contributed by atoms with Gasteiger partial charge in [0.25, 0.3) is 0 Å². The van der Waals surface area contributed by atoms with Crippen molar-refractivity contribution in [2.24, 2.45) is 5.73 Å². The molecule has 1 aromatic rings. The Balaban J connectivity index is 2.92. The van der Waals surface area contributed by atoms with E-state index in [1.165, 1.54) is 6.26 Å². The zero-order chi connectivity index (χ0) is 13.1. The Bertz CT molecular complexity index is 470. The van der Waals surface area contributed by atoms with Crippen molar-refractivity contribution in [3.8, 4) is 0 Å². The van der Waals surface area contributed by atoms with Gasteiger partial charge in [0.1, 0.15) is 0 Å². The molecule has 17 heavy (non-hydrogen) atoms. The summed E-state index contributed by atoms with van der Waals surface area (Å²) in [6.45, 7) is 2.16. The predicted octanol–water partition coefficient (Wildman–Crippen LogP) is 0.903. The minimum absolute atomic E-state index is 0.0789. The van der Waals surface area contributed by atoms with Crippen LogP contribution >= 0.6 is 0 Å². The third-order valence-electron chi connectivity index (χ3n) is 2.75. The van der Waals surface area contributed by atoms with Gasteiger partial charge in [-0.25, -0.2) is 8.42 Å². The number of rotatable bonds is 5. The van der Waals surface area contributed by atoms with Gasteiger partial charge < -0.3 is 10.8 Å². The fourth-order valence-electron chi connectivity index (χ4n) is 1.69. The Morgan fingerprint density at radius 1 is 1.41 bits per heavy atom. The highest BCUT2D eigenvalue weighted by molar-refractivity contribution is 7.90. The maximum Gasteiger partial charge on any atom is 0.175 e. The van der Waals surface area contributed by atoms with Gasteiger partial charge in [0.05, 0.1) is 11.0 Å². The smallest absolute Gasteiger partial charge is 0.175 e. The lowest BCUT2D eigenvalue weighted by Gasteiger charge is -2.16. The molecular weight excluding hydrogens is 238 g/mol. The molecule has 96 valence electrons. The number of sulfone groups is 1. The van der Waals surface area contributed by atoms with Crippen LogP contribution in [0.5, 0.6) is 0 Å². The molecule has 0 saturated carbocycles. The van der Waals surface area contributed by atoms with Crippen LogP contribution in [0, 0.1) is 0 Å². The molecule has 0 aromatic heterocycles. The lowest BCUT2D eigenvalue weighted by molar-refractivity contribution is 0.165. The van der Waals surface area contributed by atoms with Gasteiger partial charge in [0.15, 0.2) is 9.84 Å². The highest BCUT2D eigenvalue weighted by atomic mass is 32.2. The van der Waals surface area contributed by atoms with Gasteiger partial charge in [-0.2, -0.15) is 0 Å². The lowest BCUT2D eigenvalue weighted by Crippen LogP contribution is -2.21. The van der Waals surface area contributed by atoms with E-state index in [4.69, 9.17) is 5.73 Å². The molecule has 5 heteroatoms. The number of benzene rings is 1. The van der Waals surface area contributed by atoms with Crippen LogP contribution in [-0.4, -0.2) is 32.4 Å². The third-order valence-corrected chi connectivity index (χ3v) is 3.86. The van der Waals surface area contributed by atoms with Crippen molar-refractivity contribution in [2.75, 3.05) is 12.8 Å². The van der Waals surface area contributed by atoms with E-state index in [9.17, 15) is 13.5 Å². The van der Waals surface area contributed by atoms with Crippen molar-refractivity contribution in [1.82, 2.24) is 0 Å². The second kappa shape index (κ2) is 5.62. The van der Waals surface area contributed by atoms with Gasteiger partial charge in [-0.05, 0) is 30.0 Å². The molecule has 0 aliphatic heterocycles. The second-order valence-corrected chi connectivity index (χ2v) is 6.39. The third kappa shape index (κ3) is 4.11. The summed E-state index contributed by atoms with van der Waals surface area (Å²) in [7, 11) is -3.18. The molecule has 1 aromatic carbocycles. The minimum atomic E-state index is -3.18. The first-order valence-corrected chi connectivity index (χ1v) is 7.42. The van der Waals surface area contributed by atoms with Gasteiger partial charge >= 0.3 is 0 Å². The Morgan fingerprint density at radius 3 is 2.59 bits per heavy atom. The summed E-state index contributed by atoms with van der Waals surface area (Å²) in [5.41, 5.74) is 6.25. The average Bonchev–Trinajstić information content (AvgIpc) is 2.28. The molecule has 2 unspecified atom stereocenters. The quantitative estimate of drug-likeness (QED) is 0.821. The molecular formula is C12H19NO3S. The van der Waals surface area contributed by atoms with Gasteiger partial charge in [0, 0.05) is 12.8 Å². The van der Waals surface area contributed by atoms with Crippen LogP contribution in [0.25, 0.3) is 0 Å². The van der Waals surface area contributed by atoms with Gasteiger partial charge in [0.2, 0.25) is 0 Å². The number of aliphatic hydroxyl groups excluding tert-OH is 1. The minimum Gasteiger partial charge on any atom is -0.392 e. The van der Waals surface area contributed by atoms with E-state index in [0.29, 0.717) is 11.3 Å². The molecule has 0 aliphatic rings. The standard InChI is InChI=1S/C12H19NO3S/c1-9(6-11(14)8-13)10-4-3-5-12(7-10)17(2,15)16/h3-5,7,9,11,14H,6,8,13H2,1-2H3. The van der Waals surface area contributed by atoms with Crippen LogP contribution in [0.1, 0.15) is 24.8 Å². The SMILES string of the molecule is CC(CC(O)CN)c1cccc(S(C)(=O)=O)c1. The maximum absolute atomic E-state index is 11.4. The normalized spacial score (nSPS) is 15.5. The van der Waals surface area contributed by atoms with Gasteiger partial charge in [-0.3, -0.25) is 0 Å². The van der Waals surface area contributed by atoms with Crippen molar-refractivity contribution in [3.05, 3.63) is 29.8 Å². The van der Waals surface area contributed by atoms with Crippen LogP contribution in [0.2, 0.25) is 0 Å². The fourth-order valence-corrected chi connectivity index (χ4v) is 2.37.